The number of nitrogens with zero attached hydrogens (tertiary/aromatic N) is 1. The van der Waals surface area contributed by atoms with Gasteiger partial charge >= 0.3 is 0 Å². The second-order valence-electron chi connectivity index (χ2n) is 6.10. The van der Waals surface area contributed by atoms with Crippen LogP contribution in [0.1, 0.15) is 29.6 Å². The Labute approximate surface area is 152 Å². The Morgan fingerprint density at radius 3 is 2.23 bits per heavy atom. The number of piperidine rings is 1. The lowest BCUT2D eigenvalue weighted by Gasteiger charge is -2.26. The number of nitrogens with one attached hydrogen (secondary N) is 1. The van der Waals surface area contributed by atoms with Crippen molar-refractivity contribution in [2.45, 2.75) is 19.3 Å². The molecule has 26 heavy (non-hydrogen) atoms. The molecule has 1 heterocycles. The number of carbonyl (C=O) groups is 2. The zero-order chi connectivity index (χ0) is 18.5. The fraction of sp³-hybridized carbons (Fsp3) is 0.300. The lowest BCUT2D eigenvalue weighted by molar-refractivity contribution is -0.119. The van der Waals surface area contributed by atoms with Gasteiger partial charge < -0.3 is 19.7 Å². The molecule has 0 saturated carbocycles. The van der Waals surface area contributed by atoms with Gasteiger partial charge in [0.15, 0.2) is 0 Å². The average Bonchev–Trinajstić information content (AvgIpc) is 2.68. The Balaban J connectivity index is 1.73. The van der Waals surface area contributed by atoms with Gasteiger partial charge in [-0.3, -0.25) is 9.59 Å². The van der Waals surface area contributed by atoms with Gasteiger partial charge in [-0.25, -0.2) is 0 Å². The van der Waals surface area contributed by atoms with Gasteiger partial charge in [-0.1, -0.05) is 0 Å². The molecule has 6 nitrogen and oxygen atoms in total. The molecular weight excluding hydrogens is 332 g/mol. The van der Waals surface area contributed by atoms with E-state index in [-0.39, 0.29) is 11.8 Å². The fourth-order valence-corrected chi connectivity index (χ4v) is 2.95. The molecule has 2 amide bonds. The molecule has 6 heteroatoms. The Hall–Kier alpha value is -3.02. The van der Waals surface area contributed by atoms with Gasteiger partial charge in [0, 0.05) is 48.1 Å². The smallest absolute Gasteiger partial charge is 0.255 e. The predicted octanol–water partition coefficient (Wildman–Crippen LogP) is 3.47. The zero-order valence-corrected chi connectivity index (χ0v) is 15.0. The number of benzene rings is 2. The summed E-state index contributed by atoms with van der Waals surface area (Å²) in [4.78, 5) is 26.3. The van der Waals surface area contributed by atoms with Crippen molar-refractivity contribution >= 4 is 23.2 Å². The molecule has 0 spiro atoms. The van der Waals surface area contributed by atoms with Gasteiger partial charge in [-0.05, 0) is 37.1 Å². The first-order valence-corrected chi connectivity index (χ1v) is 8.55. The van der Waals surface area contributed by atoms with Gasteiger partial charge in [0.05, 0.1) is 14.2 Å². The highest BCUT2D eigenvalue weighted by Crippen LogP contribution is 2.26. The van der Waals surface area contributed by atoms with Crippen LogP contribution in [0.5, 0.6) is 11.5 Å². The molecule has 0 bridgehead atoms. The summed E-state index contributed by atoms with van der Waals surface area (Å²) >= 11 is 0. The number of carbonyl (C=O) groups excluding carboxylic acids is 2. The van der Waals surface area contributed by atoms with E-state index in [1.54, 1.807) is 49.5 Å². The highest BCUT2D eigenvalue weighted by molar-refractivity contribution is 6.05. The summed E-state index contributed by atoms with van der Waals surface area (Å²) in [5.74, 6) is 1.09. The van der Waals surface area contributed by atoms with Crippen molar-refractivity contribution in [2.24, 2.45) is 0 Å². The Bertz CT molecular complexity index is 780. The van der Waals surface area contributed by atoms with E-state index in [9.17, 15) is 9.59 Å². The summed E-state index contributed by atoms with van der Waals surface area (Å²) in [6, 6.07) is 12.3. The Morgan fingerprint density at radius 1 is 1.00 bits per heavy atom. The number of anilines is 2. The molecule has 3 rings (SSSR count). The molecule has 0 unspecified atom stereocenters. The van der Waals surface area contributed by atoms with E-state index in [1.165, 1.54) is 0 Å². The molecule has 2 aromatic rings. The second-order valence-corrected chi connectivity index (χ2v) is 6.10. The molecule has 0 atom stereocenters. The maximum Gasteiger partial charge on any atom is 0.255 e. The van der Waals surface area contributed by atoms with E-state index in [0.29, 0.717) is 29.2 Å². The number of rotatable bonds is 5. The van der Waals surface area contributed by atoms with Gasteiger partial charge in [-0.15, -0.1) is 0 Å². The first-order chi connectivity index (χ1) is 12.6. The van der Waals surface area contributed by atoms with E-state index >= 15 is 0 Å². The highest BCUT2D eigenvalue weighted by Gasteiger charge is 2.19. The van der Waals surface area contributed by atoms with Crippen LogP contribution in [-0.2, 0) is 4.79 Å². The van der Waals surface area contributed by atoms with Crippen LogP contribution in [0.25, 0.3) is 0 Å². The zero-order valence-electron chi connectivity index (χ0n) is 15.0. The SMILES string of the molecule is COc1cc(NC(=O)c2ccc(N3CCCCC3=O)cc2)cc(OC)c1. The maximum absolute atomic E-state index is 12.5. The van der Waals surface area contributed by atoms with E-state index in [4.69, 9.17) is 9.47 Å². The van der Waals surface area contributed by atoms with E-state index in [2.05, 4.69) is 5.32 Å². The summed E-state index contributed by atoms with van der Waals surface area (Å²) in [6.07, 6.45) is 2.53. The molecule has 0 radical (unpaired) electrons. The monoisotopic (exact) mass is 354 g/mol. The second kappa shape index (κ2) is 7.91. The largest absolute Gasteiger partial charge is 0.497 e. The minimum atomic E-state index is -0.239. The number of methoxy groups -OCH3 is 2. The normalized spacial score (nSPS) is 14.1. The van der Waals surface area contributed by atoms with Gasteiger partial charge in [-0.2, -0.15) is 0 Å². The minimum Gasteiger partial charge on any atom is -0.497 e. The quantitative estimate of drug-likeness (QED) is 0.893. The molecule has 0 aliphatic carbocycles. The van der Waals surface area contributed by atoms with Crippen LogP contribution in [0.3, 0.4) is 0 Å². The van der Waals surface area contributed by atoms with E-state index < -0.39 is 0 Å². The predicted molar refractivity (Wildman–Crippen MR) is 100 cm³/mol. The van der Waals surface area contributed by atoms with Crippen molar-refractivity contribution in [1.82, 2.24) is 0 Å². The summed E-state index contributed by atoms with van der Waals surface area (Å²) in [5, 5.41) is 2.84. The van der Waals surface area contributed by atoms with Crippen LogP contribution in [0.2, 0.25) is 0 Å². The number of hydrogen-bond donors (Lipinski definition) is 1. The molecule has 1 aliphatic rings. The first kappa shape index (κ1) is 17.8. The molecule has 0 aromatic heterocycles. The van der Waals surface area contributed by atoms with Crippen LogP contribution < -0.4 is 19.7 Å². The molecule has 1 aliphatic heterocycles. The van der Waals surface area contributed by atoms with Gasteiger partial charge in [0.2, 0.25) is 5.91 Å². The van der Waals surface area contributed by atoms with Crippen LogP contribution >= 0.6 is 0 Å². The fourth-order valence-electron chi connectivity index (χ4n) is 2.95. The summed E-state index contributed by atoms with van der Waals surface area (Å²) in [6.45, 7) is 0.730. The molecule has 136 valence electrons. The lowest BCUT2D eigenvalue weighted by atomic mass is 10.1. The van der Waals surface area contributed by atoms with E-state index in [1.807, 2.05) is 12.1 Å². The molecular formula is C20H22N2O4. The van der Waals surface area contributed by atoms with Crippen LogP contribution in [0, 0.1) is 0 Å². The van der Waals surface area contributed by atoms with Crippen LogP contribution in [0.4, 0.5) is 11.4 Å². The molecule has 1 fully saturated rings. The number of hydrogen-bond acceptors (Lipinski definition) is 4. The lowest BCUT2D eigenvalue weighted by Crippen LogP contribution is -2.35. The number of ether oxygens (including phenoxy) is 2. The first-order valence-electron chi connectivity index (χ1n) is 8.55. The topological polar surface area (TPSA) is 67.9 Å². The van der Waals surface area contributed by atoms with Crippen molar-refractivity contribution in [1.29, 1.82) is 0 Å². The maximum atomic E-state index is 12.5. The Kier molecular flexibility index (Phi) is 5.41. The van der Waals surface area contributed by atoms with Crippen LogP contribution in [0.15, 0.2) is 42.5 Å². The van der Waals surface area contributed by atoms with Crippen molar-refractivity contribution < 1.29 is 19.1 Å². The highest BCUT2D eigenvalue weighted by atomic mass is 16.5. The third kappa shape index (κ3) is 3.96. The van der Waals surface area contributed by atoms with Crippen molar-refractivity contribution in [2.75, 3.05) is 31.0 Å². The third-order valence-electron chi connectivity index (χ3n) is 4.37. The van der Waals surface area contributed by atoms with Crippen molar-refractivity contribution in [3.8, 4) is 11.5 Å². The van der Waals surface area contributed by atoms with E-state index in [0.717, 1.165) is 25.1 Å². The van der Waals surface area contributed by atoms with Gasteiger partial charge in [0.25, 0.3) is 5.91 Å². The average molecular weight is 354 g/mol. The summed E-state index contributed by atoms with van der Waals surface area (Å²) in [7, 11) is 3.11. The third-order valence-corrected chi connectivity index (χ3v) is 4.37. The number of amides is 2. The van der Waals surface area contributed by atoms with Gasteiger partial charge in [0.1, 0.15) is 11.5 Å². The van der Waals surface area contributed by atoms with Crippen LogP contribution in [-0.4, -0.2) is 32.6 Å². The minimum absolute atomic E-state index is 0.136. The van der Waals surface area contributed by atoms with Crippen molar-refractivity contribution in [3.05, 3.63) is 48.0 Å². The summed E-state index contributed by atoms with van der Waals surface area (Å²) in [5.41, 5.74) is 1.93. The Morgan fingerprint density at radius 2 is 1.65 bits per heavy atom. The van der Waals surface area contributed by atoms with Crippen molar-refractivity contribution in [3.63, 3.8) is 0 Å². The molecule has 1 N–H and O–H groups in total. The summed E-state index contributed by atoms with van der Waals surface area (Å²) < 4.78 is 10.4. The standard InChI is InChI=1S/C20H22N2O4/c1-25-17-11-15(12-18(13-17)26-2)21-20(24)14-6-8-16(9-7-14)22-10-4-3-5-19(22)23/h6-9,11-13H,3-5,10H2,1-2H3,(H,21,24). The molecule has 2 aromatic carbocycles. The molecule has 1 saturated heterocycles.